The van der Waals surface area contributed by atoms with Crippen LogP contribution in [-0.2, 0) is 14.4 Å². The summed E-state index contributed by atoms with van der Waals surface area (Å²) in [6.45, 7) is 8.48. The Labute approximate surface area is 143 Å². The van der Waals surface area contributed by atoms with E-state index in [1.165, 1.54) is 0 Å². The molecule has 0 aliphatic carbocycles. The molecule has 2 heterocycles. The highest BCUT2D eigenvalue weighted by atomic mass is 16.2. The largest absolute Gasteiger partial charge is 0.341 e. The molecule has 0 saturated carbocycles. The van der Waals surface area contributed by atoms with Crippen LogP contribution in [0, 0.1) is 17.2 Å². The monoisotopic (exact) mass is 334 g/mol. The second-order valence-corrected chi connectivity index (χ2v) is 7.47. The fraction of sp³-hybridized carbons (Fsp3) is 0.765. The van der Waals surface area contributed by atoms with Gasteiger partial charge in [0.05, 0.1) is 12.0 Å². The van der Waals surface area contributed by atoms with Gasteiger partial charge in [-0.25, -0.2) is 0 Å². The number of rotatable bonds is 2. The molecule has 2 fully saturated rings. The lowest BCUT2D eigenvalue weighted by molar-refractivity contribution is -0.136. The van der Waals surface area contributed by atoms with E-state index in [4.69, 9.17) is 5.26 Å². The van der Waals surface area contributed by atoms with Crippen LogP contribution in [0.2, 0.25) is 0 Å². The van der Waals surface area contributed by atoms with E-state index in [9.17, 15) is 14.4 Å². The Kier molecular flexibility index (Phi) is 5.47. The second-order valence-electron chi connectivity index (χ2n) is 7.47. The molecule has 7 heteroatoms. The normalized spacial score (nSPS) is 22.3. The van der Waals surface area contributed by atoms with Crippen molar-refractivity contribution in [2.75, 3.05) is 32.7 Å². The van der Waals surface area contributed by atoms with Crippen LogP contribution >= 0.6 is 0 Å². The smallest absolute Gasteiger partial charge is 0.236 e. The first-order valence-electron chi connectivity index (χ1n) is 8.48. The van der Waals surface area contributed by atoms with Crippen LogP contribution in [-0.4, -0.2) is 70.7 Å². The first-order chi connectivity index (χ1) is 11.2. The third-order valence-electron chi connectivity index (χ3n) is 4.67. The molecular formula is C17H26N4O3. The summed E-state index contributed by atoms with van der Waals surface area (Å²) in [5, 5.41) is 8.64. The third-order valence-corrected chi connectivity index (χ3v) is 4.67. The molecule has 0 spiro atoms. The molecule has 24 heavy (non-hydrogen) atoms. The van der Waals surface area contributed by atoms with Gasteiger partial charge in [0, 0.05) is 44.7 Å². The van der Waals surface area contributed by atoms with Crippen molar-refractivity contribution >= 4 is 17.7 Å². The third kappa shape index (κ3) is 4.05. The van der Waals surface area contributed by atoms with Gasteiger partial charge in [0.2, 0.25) is 17.7 Å². The minimum Gasteiger partial charge on any atom is -0.341 e. The number of carbonyl (C=O) groups excluding carboxylic acids is 3. The number of likely N-dealkylation sites (tertiary alicyclic amines) is 1. The molecule has 1 unspecified atom stereocenters. The molecule has 0 bridgehead atoms. The number of nitrogens with zero attached hydrogens (tertiary/aromatic N) is 4. The van der Waals surface area contributed by atoms with Gasteiger partial charge in [0.25, 0.3) is 0 Å². The molecule has 0 aromatic heterocycles. The maximum atomic E-state index is 12.8. The zero-order valence-corrected chi connectivity index (χ0v) is 14.7. The number of carbonyl (C=O) groups is 3. The molecule has 2 saturated heterocycles. The summed E-state index contributed by atoms with van der Waals surface area (Å²) in [5.74, 6) is -0.439. The SMILES string of the molecule is CC(C)(C)N1CC(C(=O)N2CCCN(C(=O)CC#N)CC2)CC1=O. The highest BCUT2D eigenvalue weighted by Gasteiger charge is 2.41. The van der Waals surface area contributed by atoms with Gasteiger partial charge in [-0.15, -0.1) is 0 Å². The van der Waals surface area contributed by atoms with Gasteiger partial charge in [-0.2, -0.15) is 5.26 Å². The first kappa shape index (κ1) is 18.2. The van der Waals surface area contributed by atoms with Gasteiger partial charge >= 0.3 is 0 Å². The molecule has 0 aromatic carbocycles. The Morgan fingerprint density at radius 2 is 1.79 bits per heavy atom. The number of amides is 3. The Balaban J connectivity index is 1.95. The van der Waals surface area contributed by atoms with Crippen molar-refractivity contribution in [1.82, 2.24) is 14.7 Å². The summed E-state index contributed by atoms with van der Waals surface area (Å²) in [5.41, 5.74) is -0.272. The van der Waals surface area contributed by atoms with E-state index in [-0.39, 0.29) is 42.0 Å². The summed E-state index contributed by atoms with van der Waals surface area (Å²) in [6.07, 6.45) is 0.849. The summed E-state index contributed by atoms with van der Waals surface area (Å²) < 4.78 is 0. The van der Waals surface area contributed by atoms with Crippen molar-refractivity contribution in [3.8, 4) is 6.07 Å². The maximum Gasteiger partial charge on any atom is 0.236 e. The van der Waals surface area contributed by atoms with Crippen LogP contribution in [0.25, 0.3) is 0 Å². The van der Waals surface area contributed by atoms with Crippen molar-refractivity contribution in [3.63, 3.8) is 0 Å². The van der Waals surface area contributed by atoms with Crippen LogP contribution in [0.5, 0.6) is 0 Å². The van der Waals surface area contributed by atoms with Crippen molar-refractivity contribution in [2.24, 2.45) is 5.92 Å². The molecule has 0 aromatic rings. The van der Waals surface area contributed by atoms with Crippen molar-refractivity contribution in [2.45, 2.75) is 45.6 Å². The molecule has 1 atom stereocenters. The Morgan fingerprint density at radius 3 is 2.38 bits per heavy atom. The summed E-state index contributed by atoms with van der Waals surface area (Å²) in [6, 6.07) is 1.87. The van der Waals surface area contributed by atoms with Gasteiger partial charge in [-0.3, -0.25) is 14.4 Å². The van der Waals surface area contributed by atoms with Gasteiger partial charge in [0.15, 0.2) is 0 Å². The highest BCUT2D eigenvalue weighted by molar-refractivity contribution is 5.89. The quantitative estimate of drug-likeness (QED) is 0.740. The molecule has 132 valence electrons. The lowest BCUT2D eigenvalue weighted by Gasteiger charge is -2.32. The first-order valence-corrected chi connectivity index (χ1v) is 8.48. The lowest BCUT2D eigenvalue weighted by Crippen LogP contribution is -2.44. The van der Waals surface area contributed by atoms with Crippen molar-refractivity contribution in [3.05, 3.63) is 0 Å². The Morgan fingerprint density at radius 1 is 1.17 bits per heavy atom. The molecule has 2 rings (SSSR count). The average molecular weight is 334 g/mol. The molecule has 2 aliphatic heterocycles. The summed E-state index contributed by atoms with van der Waals surface area (Å²) >= 11 is 0. The molecule has 7 nitrogen and oxygen atoms in total. The van der Waals surface area contributed by atoms with Crippen LogP contribution in [0.15, 0.2) is 0 Å². The number of nitriles is 1. The average Bonchev–Trinajstić information content (AvgIpc) is 2.75. The van der Waals surface area contributed by atoms with Crippen LogP contribution in [0.4, 0.5) is 0 Å². The lowest BCUT2D eigenvalue weighted by atomic mass is 10.1. The molecule has 3 amide bonds. The zero-order chi connectivity index (χ0) is 17.9. The van der Waals surface area contributed by atoms with E-state index in [1.54, 1.807) is 14.7 Å². The molecule has 2 aliphatic rings. The maximum absolute atomic E-state index is 12.8. The van der Waals surface area contributed by atoms with Gasteiger partial charge < -0.3 is 14.7 Å². The zero-order valence-electron chi connectivity index (χ0n) is 14.7. The van der Waals surface area contributed by atoms with Crippen LogP contribution in [0.1, 0.15) is 40.0 Å². The van der Waals surface area contributed by atoms with Crippen molar-refractivity contribution in [1.29, 1.82) is 5.26 Å². The van der Waals surface area contributed by atoms with E-state index in [0.29, 0.717) is 39.1 Å². The fourth-order valence-corrected chi connectivity index (χ4v) is 3.35. The molecule has 0 N–H and O–H groups in total. The van der Waals surface area contributed by atoms with Crippen LogP contribution in [0.3, 0.4) is 0 Å². The van der Waals surface area contributed by atoms with E-state index < -0.39 is 0 Å². The minimum absolute atomic E-state index is 0.00434. The highest BCUT2D eigenvalue weighted by Crippen LogP contribution is 2.27. The molecular weight excluding hydrogens is 308 g/mol. The Hall–Kier alpha value is -2.10. The van der Waals surface area contributed by atoms with Gasteiger partial charge in [-0.1, -0.05) is 0 Å². The van der Waals surface area contributed by atoms with Gasteiger partial charge in [-0.05, 0) is 27.2 Å². The predicted molar refractivity (Wildman–Crippen MR) is 87.6 cm³/mol. The van der Waals surface area contributed by atoms with E-state index in [0.717, 1.165) is 0 Å². The summed E-state index contributed by atoms with van der Waals surface area (Å²) in [4.78, 5) is 42.0. The topological polar surface area (TPSA) is 84.7 Å². The standard InChI is InChI=1S/C17H26N4O3/c1-17(2,3)21-12-13(11-15(21)23)16(24)20-8-4-7-19(9-10-20)14(22)5-6-18/h13H,4-5,7-12H2,1-3H3. The second kappa shape index (κ2) is 7.20. The number of hydrogen-bond donors (Lipinski definition) is 0. The van der Waals surface area contributed by atoms with Gasteiger partial charge in [0.1, 0.15) is 6.42 Å². The minimum atomic E-state index is -0.293. The van der Waals surface area contributed by atoms with Crippen LogP contribution < -0.4 is 0 Å². The summed E-state index contributed by atoms with van der Waals surface area (Å²) in [7, 11) is 0. The van der Waals surface area contributed by atoms with Crippen molar-refractivity contribution < 1.29 is 14.4 Å². The van der Waals surface area contributed by atoms with E-state index >= 15 is 0 Å². The fourth-order valence-electron chi connectivity index (χ4n) is 3.35. The Bertz CT molecular complexity index is 561. The van der Waals surface area contributed by atoms with E-state index in [2.05, 4.69) is 0 Å². The predicted octanol–water partition coefficient (Wildman–Crippen LogP) is 0.608. The number of hydrogen-bond acceptors (Lipinski definition) is 4. The molecule has 0 radical (unpaired) electrons. The van der Waals surface area contributed by atoms with E-state index in [1.807, 2.05) is 26.8 Å².